The summed E-state index contributed by atoms with van der Waals surface area (Å²) in [6.07, 6.45) is -1.21. The molecule has 39 heavy (non-hydrogen) atoms. The van der Waals surface area contributed by atoms with Crippen LogP contribution in [-0.4, -0.2) is 59.8 Å². The van der Waals surface area contributed by atoms with Crippen molar-refractivity contribution in [3.8, 4) is 12.1 Å². The highest BCUT2D eigenvalue weighted by molar-refractivity contribution is 8.00. The van der Waals surface area contributed by atoms with Gasteiger partial charge in [0.2, 0.25) is 12.0 Å². The highest BCUT2D eigenvalue weighted by Crippen LogP contribution is 2.39. The van der Waals surface area contributed by atoms with Gasteiger partial charge in [0.25, 0.3) is 5.91 Å². The Bertz CT molecular complexity index is 1300. The molecule has 0 radical (unpaired) electrons. The Hall–Kier alpha value is -4.33. The number of aliphatic hydroxyl groups is 1. The second-order valence-corrected chi connectivity index (χ2v) is 9.83. The molecule has 3 amide bonds. The van der Waals surface area contributed by atoms with Gasteiger partial charge in [-0.25, -0.2) is 9.78 Å². The van der Waals surface area contributed by atoms with E-state index in [1.165, 1.54) is 0 Å². The molecule has 1 aromatic carbocycles. The number of thioether (sulfide) groups is 1. The molecule has 3 rings (SSSR count). The number of nitrogens with two attached hydrogens (primary N) is 2. The Labute approximate surface area is 229 Å². The molecule has 13 heteroatoms. The molecule has 1 unspecified atom stereocenters. The number of ether oxygens (including phenoxy) is 1. The number of hydrogen-bond donors (Lipinski definition) is 4. The lowest BCUT2D eigenvalue weighted by Gasteiger charge is -2.34. The molecule has 2 heterocycles. The summed E-state index contributed by atoms with van der Waals surface area (Å²) < 4.78 is 4.62. The third-order valence-electron chi connectivity index (χ3n) is 6.27. The smallest absolute Gasteiger partial charge is 0.405 e. The number of nitrogens with one attached hydrogen (secondary N) is 1. The number of carbonyl (C=O) groups is 3. The average molecular weight is 552 g/mol. The second kappa shape index (κ2) is 13.5. The maximum absolute atomic E-state index is 12.4. The normalized spacial score (nSPS) is 14.9. The Morgan fingerprint density at radius 3 is 2.33 bits per heavy atom. The van der Waals surface area contributed by atoms with E-state index < -0.39 is 35.9 Å². The Morgan fingerprint density at radius 1 is 1.18 bits per heavy atom. The van der Waals surface area contributed by atoms with E-state index in [1.807, 2.05) is 17.9 Å². The highest BCUT2D eigenvalue weighted by atomic mass is 32.2. The van der Waals surface area contributed by atoms with E-state index in [4.69, 9.17) is 16.5 Å². The number of carbonyl (C=O) groups excluding carboxylic acids is 3. The molecule has 12 nitrogen and oxygen atoms in total. The topological polar surface area (TPSA) is 208 Å². The average Bonchev–Trinajstić information content (AvgIpc) is 2.94. The van der Waals surface area contributed by atoms with Gasteiger partial charge in [0.05, 0.1) is 17.7 Å². The fourth-order valence-corrected chi connectivity index (χ4v) is 5.43. The zero-order chi connectivity index (χ0) is 28.5. The third kappa shape index (κ3) is 6.96. The van der Waals surface area contributed by atoms with Crippen LogP contribution in [0.5, 0.6) is 0 Å². The molecule has 204 valence electrons. The first kappa shape index (κ1) is 29.2. The molecule has 1 aliphatic heterocycles. The lowest BCUT2D eigenvalue weighted by atomic mass is 9.99. The SMILES string of the molecule is CCc1c(C#N)c(SC(C(N)=O)c2ccccc2)nc(N2CCC(NC(=O)[C@@H](CO)OC(N)=O)CC2)c1C#N. The quantitative estimate of drug-likeness (QED) is 0.310. The number of nitrogens with zero attached hydrogens (tertiary/aromatic N) is 4. The van der Waals surface area contributed by atoms with Crippen LogP contribution in [0.4, 0.5) is 10.6 Å². The van der Waals surface area contributed by atoms with E-state index in [-0.39, 0.29) is 17.2 Å². The van der Waals surface area contributed by atoms with Gasteiger partial charge in [-0.05, 0) is 30.4 Å². The number of hydrogen-bond acceptors (Lipinski definition) is 10. The third-order valence-corrected chi connectivity index (χ3v) is 7.53. The molecule has 1 aromatic heterocycles. The van der Waals surface area contributed by atoms with Crippen molar-refractivity contribution in [3.05, 3.63) is 52.6 Å². The number of nitriles is 2. The monoisotopic (exact) mass is 551 g/mol. The Kier molecular flexibility index (Phi) is 10.1. The van der Waals surface area contributed by atoms with Crippen LogP contribution >= 0.6 is 11.8 Å². The van der Waals surface area contributed by atoms with Gasteiger partial charge < -0.3 is 31.5 Å². The fraction of sp³-hybridized carbons (Fsp3) is 0.385. The summed E-state index contributed by atoms with van der Waals surface area (Å²) in [5.74, 6) is -0.851. The summed E-state index contributed by atoms with van der Waals surface area (Å²) in [5.41, 5.74) is 12.4. The first-order valence-corrected chi connectivity index (χ1v) is 13.1. The van der Waals surface area contributed by atoms with Crippen molar-refractivity contribution in [1.82, 2.24) is 10.3 Å². The molecular formula is C26H29N7O5S. The van der Waals surface area contributed by atoms with E-state index in [0.29, 0.717) is 54.3 Å². The molecule has 1 fully saturated rings. The molecule has 1 saturated heterocycles. The van der Waals surface area contributed by atoms with Crippen molar-refractivity contribution in [3.63, 3.8) is 0 Å². The number of aliphatic hydroxyl groups excluding tert-OH is 1. The minimum atomic E-state index is -1.40. The first-order valence-electron chi connectivity index (χ1n) is 12.2. The van der Waals surface area contributed by atoms with Gasteiger partial charge >= 0.3 is 6.09 Å². The Morgan fingerprint density at radius 2 is 1.82 bits per heavy atom. The molecule has 1 aliphatic rings. The summed E-state index contributed by atoms with van der Waals surface area (Å²) in [6.45, 7) is 1.98. The van der Waals surface area contributed by atoms with Gasteiger partial charge in [-0.15, -0.1) is 0 Å². The first-order chi connectivity index (χ1) is 18.7. The number of rotatable bonds is 10. The maximum atomic E-state index is 12.4. The van der Waals surface area contributed by atoms with E-state index >= 15 is 0 Å². The van der Waals surface area contributed by atoms with Crippen LogP contribution < -0.4 is 21.7 Å². The number of pyridine rings is 1. The van der Waals surface area contributed by atoms with Crippen LogP contribution in [0.1, 0.15) is 47.3 Å². The molecule has 2 atom stereocenters. The standard InChI is InChI=1S/C26H29N7O5S/c1-2-17-18(12-27)23(33-10-8-16(9-11-33)31-24(36)20(14-34)38-26(30)37)32-25(19(17)13-28)39-21(22(29)35)15-6-4-3-5-7-15/h3-7,16,20-21,34H,2,8-11,14H2,1H3,(H2,29,35)(H2,30,37)(H,31,36)/t20-,21?/m1/s1. The van der Waals surface area contributed by atoms with E-state index in [9.17, 15) is 30.0 Å². The molecule has 0 spiro atoms. The van der Waals surface area contributed by atoms with Crippen LogP contribution in [0.3, 0.4) is 0 Å². The predicted octanol–water partition coefficient (Wildman–Crippen LogP) is 1.25. The number of piperidine rings is 1. The van der Waals surface area contributed by atoms with Gasteiger partial charge in [-0.3, -0.25) is 9.59 Å². The van der Waals surface area contributed by atoms with Crippen molar-refractivity contribution in [1.29, 1.82) is 10.5 Å². The number of anilines is 1. The van der Waals surface area contributed by atoms with Crippen molar-refractivity contribution in [2.45, 2.75) is 48.6 Å². The molecule has 0 bridgehead atoms. The van der Waals surface area contributed by atoms with Crippen molar-refractivity contribution < 1.29 is 24.2 Å². The summed E-state index contributed by atoms with van der Waals surface area (Å²) in [4.78, 5) is 42.3. The zero-order valence-electron chi connectivity index (χ0n) is 21.3. The summed E-state index contributed by atoms with van der Waals surface area (Å²) in [7, 11) is 0. The van der Waals surface area contributed by atoms with Crippen LogP contribution in [-0.2, 0) is 20.7 Å². The molecule has 0 saturated carbocycles. The van der Waals surface area contributed by atoms with Crippen molar-refractivity contribution >= 4 is 35.5 Å². The molecule has 2 aromatic rings. The van der Waals surface area contributed by atoms with Crippen LogP contribution in [0.15, 0.2) is 35.4 Å². The van der Waals surface area contributed by atoms with E-state index in [0.717, 1.165) is 11.8 Å². The van der Waals surface area contributed by atoms with Crippen LogP contribution in [0.25, 0.3) is 0 Å². The van der Waals surface area contributed by atoms with Gasteiger partial charge in [0, 0.05) is 19.1 Å². The largest absolute Gasteiger partial charge is 0.434 e. The highest BCUT2D eigenvalue weighted by Gasteiger charge is 2.30. The lowest BCUT2D eigenvalue weighted by molar-refractivity contribution is -0.132. The summed E-state index contributed by atoms with van der Waals surface area (Å²) in [5, 5.41) is 31.6. The van der Waals surface area contributed by atoms with Crippen molar-refractivity contribution in [2.24, 2.45) is 11.5 Å². The molecular weight excluding hydrogens is 522 g/mol. The number of amides is 3. The van der Waals surface area contributed by atoms with Gasteiger partial charge in [-0.2, -0.15) is 10.5 Å². The Balaban J connectivity index is 1.88. The fourth-order valence-electron chi connectivity index (χ4n) is 4.37. The van der Waals surface area contributed by atoms with Crippen molar-refractivity contribution in [2.75, 3.05) is 24.6 Å². The second-order valence-electron chi connectivity index (χ2n) is 8.74. The summed E-state index contributed by atoms with van der Waals surface area (Å²) >= 11 is 1.07. The molecule has 0 aliphatic carbocycles. The van der Waals surface area contributed by atoms with Gasteiger partial charge in [0.1, 0.15) is 28.2 Å². The zero-order valence-corrected chi connectivity index (χ0v) is 22.1. The number of primary amides is 2. The number of benzene rings is 1. The van der Waals surface area contributed by atoms with Gasteiger partial charge in [0.15, 0.2) is 0 Å². The minimum Gasteiger partial charge on any atom is -0.434 e. The van der Waals surface area contributed by atoms with E-state index in [1.54, 1.807) is 24.3 Å². The number of aromatic nitrogens is 1. The van der Waals surface area contributed by atoms with Gasteiger partial charge in [-0.1, -0.05) is 49.0 Å². The summed E-state index contributed by atoms with van der Waals surface area (Å²) in [6, 6.07) is 13.0. The van der Waals surface area contributed by atoms with Crippen LogP contribution in [0.2, 0.25) is 0 Å². The lowest BCUT2D eigenvalue weighted by Crippen LogP contribution is -2.49. The minimum absolute atomic E-state index is 0.233. The predicted molar refractivity (Wildman–Crippen MR) is 142 cm³/mol. The maximum Gasteiger partial charge on any atom is 0.405 e. The molecule has 6 N–H and O–H groups in total. The van der Waals surface area contributed by atoms with Crippen LogP contribution in [0, 0.1) is 22.7 Å². The van der Waals surface area contributed by atoms with E-state index in [2.05, 4.69) is 22.2 Å².